The van der Waals surface area contributed by atoms with Crippen molar-refractivity contribution in [3.05, 3.63) is 5.51 Å². The highest BCUT2D eigenvalue weighted by molar-refractivity contribution is 8.01. The van der Waals surface area contributed by atoms with Crippen molar-refractivity contribution < 1.29 is 4.79 Å². The second-order valence-electron chi connectivity index (χ2n) is 4.95. The Morgan fingerprint density at radius 3 is 3.00 bits per heavy atom. The molecule has 100 valence electrons. The van der Waals surface area contributed by atoms with Crippen molar-refractivity contribution in [3.8, 4) is 0 Å². The van der Waals surface area contributed by atoms with Gasteiger partial charge in [0.2, 0.25) is 5.91 Å². The van der Waals surface area contributed by atoms with Crippen molar-refractivity contribution in [1.29, 1.82) is 0 Å². The van der Waals surface area contributed by atoms with Crippen molar-refractivity contribution in [2.75, 3.05) is 0 Å². The Bertz CT molecular complexity index is 407. The Balaban J connectivity index is 1.92. The fourth-order valence-corrected chi connectivity index (χ4v) is 3.89. The molecule has 0 saturated heterocycles. The minimum atomic E-state index is -0.627. The molecular formula is C11H18N4OS2. The molecule has 0 aliphatic heterocycles. The number of amides is 1. The van der Waals surface area contributed by atoms with Gasteiger partial charge in [-0.15, -0.1) is 10.2 Å². The van der Waals surface area contributed by atoms with Gasteiger partial charge in [-0.25, -0.2) is 0 Å². The van der Waals surface area contributed by atoms with Gasteiger partial charge in [-0.3, -0.25) is 4.79 Å². The van der Waals surface area contributed by atoms with Crippen LogP contribution in [-0.4, -0.2) is 32.9 Å². The summed E-state index contributed by atoms with van der Waals surface area (Å²) in [5.41, 5.74) is 6.62. The Kier molecular flexibility index (Phi) is 4.24. The van der Waals surface area contributed by atoms with E-state index < -0.39 is 5.54 Å². The van der Waals surface area contributed by atoms with E-state index in [0.717, 1.165) is 17.2 Å². The van der Waals surface area contributed by atoms with Crippen LogP contribution in [0.4, 0.5) is 0 Å². The monoisotopic (exact) mass is 286 g/mol. The van der Waals surface area contributed by atoms with E-state index in [2.05, 4.69) is 22.4 Å². The molecule has 1 fully saturated rings. The molecule has 18 heavy (non-hydrogen) atoms. The number of primary amides is 1. The van der Waals surface area contributed by atoms with Crippen molar-refractivity contribution in [1.82, 2.24) is 15.5 Å². The molecule has 1 aromatic rings. The number of thioether (sulfide) groups is 1. The number of carbonyl (C=O) groups excluding carboxylic acids is 1. The van der Waals surface area contributed by atoms with Crippen LogP contribution in [0.1, 0.15) is 33.1 Å². The van der Waals surface area contributed by atoms with Gasteiger partial charge in [-0.2, -0.15) is 0 Å². The average Bonchev–Trinajstić information content (AvgIpc) is 2.92. The molecule has 2 rings (SSSR count). The highest BCUT2D eigenvalue weighted by Gasteiger charge is 2.38. The summed E-state index contributed by atoms with van der Waals surface area (Å²) in [6.45, 7) is 3.98. The number of nitrogens with zero attached hydrogens (tertiary/aromatic N) is 2. The third-order valence-electron chi connectivity index (χ3n) is 2.98. The predicted octanol–water partition coefficient (Wildman–Crippen LogP) is 1.40. The lowest BCUT2D eigenvalue weighted by Gasteiger charge is -2.30. The van der Waals surface area contributed by atoms with Crippen LogP contribution in [0.25, 0.3) is 0 Å². The van der Waals surface area contributed by atoms with Crippen molar-refractivity contribution in [3.63, 3.8) is 0 Å². The lowest BCUT2D eigenvalue weighted by molar-refractivity contribution is -0.124. The zero-order valence-electron chi connectivity index (χ0n) is 10.5. The molecule has 1 amide bonds. The van der Waals surface area contributed by atoms with E-state index in [9.17, 15) is 4.79 Å². The van der Waals surface area contributed by atoms with Crippen LogP contribution in [0.15, 0.2) is 9.85 Å². The molecule has 7 heteroatoms. The van der Waals surface area contributed by atoms with Gasteiger partial charge in [0, 0.05) is 11.3 Å². The highest BCUT2D eigenvalue weighted by Crippen LogP contribution is 2.31. The minimum Gasteiger partial charge on any atom is -0.368 e. The van der Waals surface area contributed by atoms with Crippen molar-refractivity contribution >= 4 is 29.0 Å². The number of nitrogens with two attached hydrogens (primary N) is 1. The third-order valence-corrected chi connectivity index (χ3v) is 4.89. The smallest absolute Gasteiger partial charge is 0.237 e. The fraction of sp³-hybridized carbons (Fsp3) is 0.727. The molecule has 1 aromatic heterocycles. The topological polar surface area (TPSA) is 80.9 Å². The molecule has 2 atom stereocenters. The lowest BCUT2D eigenvalue weighted by atomic mass is 9.95. The van der Waals surface area contributed by atoms with E-state index in [0.29, 0.717) is 12.5 Å². The van der Waals surface area contributed by atoms with Crippen LogP contribution in [0, 0.1) is 0 Å². The van der Waals surface area contributed by atoms with E-state index in [1.165, 1.54) is 11.3 Å². The maximum absolute atomic E-state index is 11.6. The van der Waals surface area contributed by atoms with Gasteiger partial charge in [-0.1, -0.05) is 30.0 Å². The van der Waals surface area contributed by atoms with Crippen LogP contribution in [0.2, 0.25) is 0 Å². The summed E-state index contributed by atoms with van der Waals surface area (Å²) >= 11 is 3.16. The van der Waals surface area contributed by atoms with Crippen LogP contribution in [0.3, 0.4) is 0 Å². The van der Waals surface area contributed by atoms with Gasteiger partial charge in [0.1, 0.15) is 5.51 Å². The maximum atomic E-state index is 11.6. The summed E-state index contributed by atoms with van der Waals surface area (Å²) in [5.74, 6) is -0.279. The first-order chi connectivity index (χ1) is 8.49. The molecule has 2 unspecified atom stereocenters. The molecular weight excluding hydrogens is 268 g/mol. The molecule has 0 spiro atoms. The summed E-state index contributed by atoms with van der Waals surface area (Å²) in [5, 5.41) is 11.4. The standard InChI is InChI=1S/C11H18N4OS2/c1-7(18-10-15-13-6-17-10)5-11(2,9(12)16)14-8-3-4-8/h6-8,14H,3-5H2,1-2H3,(H2,12,16). The zero-order valence-corrected chi connectivity index (χ0v) is 12.2. The molecule has 1 saturated carbocycles. The largest absolute Gasteiger partial charge is 0.368 e. The second kappa shape index (κ2) is 5.54. The van der Waals surface area contributed by atoms with Gasteiger partial charge in [0.25, 0.3) is 0 Å². The van der Waals surface area contributed by atoms with Gasteiger partial charge in [0.05, 0.1) is 5.54 Å². The normalized spacial score (nSPS) is 20.3. The van der Waals surface area contributed by atoms with Crippen molar-refractivity contribution in [2.45, 2.75) is 54.3 Å². The molecule has 1 heterocycles. The molecule has 1 aliphatic carbocycles. The summed E-state index contributed by atoms with van der Waals surface area (Å²) < 4.78 is 0.931. The average molecular weight is 286 g/mol. The Labute approximate surface area is 115 Å². The summed E-state index contributed by atoms with van der Waals surface area (Å²) in [6, 6.07) is 0.459. The first-order valence-electron chi connectivity index (χ1n) is 6.00. The minimum absolute atomic E-state index is 0.265. The molecule has 0 bridgehead atoms. The Morgan fingerprint density at radius 1 is 1.78 bits per heavy atom. The predicted molar refractivity (Wildman–Crippen MR) is 73.6 cm³/mol. The Hall–Kier alpha value is -0.660. The molecule has 5 nitrogen and oxygen atoms in total. The first kappa shape index (κ1) is 13.8. The number of carbonyl (C=O) groups is 1. The summed E-state index contributed by atoms with van der Waals surface area (Å²) in [7, 11) is 0. The third kappa shape index (κ3) is 3.66. The van der Waals surface area contributed by atoms with Crippen molar-refractivity contribution in [2.24, 2.45) is 5.73 Å². The SMILES string of the molecule is CC(CC(C)(NC1CC1)C(N)=O)Sc1nncs1. The maximum Gasteiger partial charge on any atom is 0.237 e. The van der Waals surface area contributed by atoms with Crippen LogP contribution >= 0.6 is 23.1 Å². The molecule has 0 aromatic carbocycles. The fourth-order valence-electron chi connectivity index (χ4n) is 1.91. The second-order valence-corrected chi connectivity index (χ2v) is 7.47. The number of rotatable bonds is 7. The molecule has 0 radical (unpaired) electrons. The quantitative estimate of drug-likeness (QED) is 0.741. The number of hydrogen-bond donors (Lipinski definition) is 2. The van der Waals surface area contributed by atoms with Gasteiger partial charge >= 0.3 is 0 Å². The first-order valence-corrected chi connectivity index (χ1v) is 7.76. The van der Waals surface area contributed by atoms with Crippen LogP contribution in [0.5, 0.6) is 0 Å². The lowest BCUT2D eigenvalue weighted by Crippen LogP contribution is -2.55. The number of hydrogen-bond acceptors (Lipinski definition) is 6. The van der Waals surface area contributed by atoms with E-state index in [4.69, 9.17) is 5.73 Å². The van der Waals surface area contributed by atoms with E-state index in [1.807, 2.05) is 6.92 Å². The number of nitrogens with one attached hydrogen (secondary N) is 1. The summed E-state index contributed by atoms with van der Waals surface area (Å²) in [6.07, 6.45) is 2.98. The van der Waals surface area contributed by atoms with Crippen LogP contribution in [-0.2, 0) is 4.79 Å². The zero-order chi connectivity index (χ0) is 13.2. The van der Waals surface area contributed by atoms with Gasteiger partial charge < -0.3 is 11.1 Å². The summed E-state index contributed by atoms with van der Waals surface area (Å²) in [4.78, 5) is 11.6. The van der Waals surface area contributed by atoms with Gasteiger partial charge in [-0.05, 0) is 26.2 Å². The van der Waals surface area contributed by atoms with E-state index >= 15 is 0 Å². The van der Waals surface area contributed by atoms with Crippen LogP contribution < -0.4 is 11.1 Å². The highest BCUT2D eigenvalue weighted by atomic mass is 32.2. The Morgan fingerprint density at radius 2 is 2.50 bits per heavy atom. The van der Waals surface area contributed by atoms with Gasteiger partial charge in [0.15, 0.2) is 4.34 Å². The van der Waals surface area contributed by atoms with E-state index in [1.54, 1.807) is 17.3 Å². The molecule has 3 N–H and O–H groups in total. The van der Waals surface area contributed by atoms with E-state index in [-0.39, 0.29) is 11.2 Å². The number of aromatic nitrogens is 2. The molecule has 1 aliphatic rings.